The van der Waals surface area contributed by atoms with E-state index in [1.54, 1.807) is 0 Å². The Labute approximate surface area is 374 Å². The Morgan fingerprint density at radius 3 is 1.49 bits per heavy atom. The number of nitrogens with zero attached hydrogens (tertiary/aromatic N) is 1. The third-order valence-electron chi connectivity index (χ3n) is 10.6. The van der Waals surface area contributed by atoms with E-state index in [1.807, 2.05) is 32.9 Å². The summed E-state index contributed by atoms with van der Waals surface area (Å²) < 4.78 is 22.0. The summed E-state index contributed by atoms with van der Waals surface area (Å²) in [7, 11) is 2.10. The highest BCUT2D eigenvalue weighted by Crippen LogP contribution is 2.18. The number of esters is 3. The fourth-order valence-electron chi connectivity index (χ4n) is 7.00. The van der Waals surface area contributed by atoms with Crippen molar-refractivity contribution in [1.29, 1.82) is 0 Å². The van der Waals surface area contributed by atoms with Gasteiger partial charge in [-0.05, 0) is 124 Å². The minimum absolute atomic E-state index is 0.0700. The van der Waals surface area contributed by atoms with Gasteiger partial charge < -0.3 is 29.2 Å². The minimum atomic E-state index is -0.481. The molecule has 10 heteroatoms. The lowest BCUT2D eigenvalue weighted by molar-refractivity contribution is -0.150. The zero-order chi connectivity index (χ0) is 45.1. The van der Waals surface area contributed by atoms with Crippen LogP contribution in [0.15, 0.2) is 24.3 Å². The molecule has 0 aromatic rings. The summed E-state index contributed by atoms with van der Waals surface area (Å²) in [5.41, 5.74) is -0.481. The maximum Gasteiger partial charge on any atom is 0.407 e. The van der Waals surface area contributed by atoms with E-state index in [0.717, 1.165) is 135 Å². The summed E-state index contributed by atoms with van der Waals surface area (Å²) in [5, 5.41) is 2.82. The first-order valence-corrected chi connectivity index (χ1v) is 24.9. The standard InChI is InChI=1S/C51H94N2O8/c1-7-9-11-13-15-25-33-44-58-47(54)38-29-21-17-19-27-36-46(37-28-20-18-22-30-39-48(55)59-45-34-26-16-14-12-10-8-2)60-49(56)40-35-43-53(6)42-32-24-23-31-41-52-50(57)61-51(3,4)5/h25-26,33-34,46H,7-24,27-32,35-45H2,1-6H3,(H,52,57). The van der Waals surface area contributed by atoms with Crippen molar-refractivity contribution in [3.8, 4) is 0 Å². The molecule has 356 valence electrons. The second-order valence-corrected chi connectivity index (χ2v) is 18.0. The number of allylic oxidation sites excluding steroid dienone is 2. The number of nitrogens with one attached hydrogen (secondary N) is 1. The van der Waals surface area contributed by atoms with Crippen LogP contribution in [0.3, 0.4) is 0 Å². The van der Waals surface area contributed by atoms with E-state index in [9.17, 15) is 19.2 Å². The Kier molecular flexibility index (Phi) is 40.4. The van der Waals surface area contributed by atoms with Crippen molar-refractivity contribution in [3.05, 3.63) is 24.3 Å². The van der Waals surface area contributed by atoms with Gasteiger partial charge in [-0.3, -0.25) is 14.4 Å². The topological polar surface area (TPSA) is 120 Å². The van der Waals surface area contributed by atoms with Gasteiger partial charge in [0.05, 0.1) is 0 Å². The molecule has 0 unspecified atom stereocenters. The fraction of sp³-hybridized carbons (Fsp3) is 0.843. The van der Waals surface area contributed by atoms with Crippen molar-refractivity contribution >= 4 is 24.0 Å². The van der Waals surface area contributed by atoms with Crippen LogP contribution in [-0.2, 0) is 33.3 Å². The molecule has 0 aliphatic rings. The van der Waals surface area contributed by atoms with E-state index in [4.69, 9.17) is 18.9 Å². The Morgan fingerprint density at radius 1 is 0.525 bits per heavy atom. The van der Waals surface area contributed by atoms with Crippen molar-refractivity contribution < 1.29 is 38.1 Å². The molecule has 0 aliphatic carbocycles. The second kappa shape index (κ2) is 42.4. The van der Waals surface area contributed by atoms with Crippen molar-refractivity contribution in [2.24, 2.45) is 0 Å². The van der Waals surface area contributed by atoms with Crippen LogP contribution in [0.4, 0.5) is 4.79 Å². The molecule has 0 saturated carbocycles. The van der Waals surface area contributed by atoms with Crippen LogP contribution in [0.1, 0.15) is 227 Å². The number of carbonyl (C=O) groups is 4. The first-order valence-electron chi connectivity index (χ1n) is 24.9. The summed E-state index contributed by atoms with van der Waals surface area (Å²) >= 11 is 0. The van der Waals surface area contributed by atoms with Gasteiger partial charge in [-0.2, -0.15) is 0 Å². The molecule has 0 radical (unpaired) electrons. The van der Waals surface area contributed by atoms with E-state index in [1.165, 1.54) is 51.4 Å². The highest BCUT2D eigenvalue weighted by atomic mass is 16.6. The molecule has 0 bridgehead atoms. The first-order chi connectivity index (χ1) is 29.5. The number of unbranched alkanes of at least 4 members (excludes halogenated alkanes) is 19. The molecule has 0 atom stereocenters. The van der Waals surface area contributed by atoms with Crippen molar-refractivity contribution in [2.45, 2.75) is 239 Å². The molecular weight excluding hydrogens is 769 g/mol. The molecule has 0 rings (SSSR count). The average molecular weight is 863 g/mol. The summed E-state index contributed by atoms with van der Waals surface area (Å²) in [6, 6.07) is 0. The molecule has 0 heterocycles. The zero-order valence-corrected chi connectivity index (χ0v) is 40.3. The van der Waals surface area contributed by atoms with Gasteiger partial charge in [0.15, 0.2) is 0 Å². The molecule has 0 aliphatic heterocycles. The maximum absolute atomic E-state index is 13.0. The van der Waals surface area contributed by atoms with Gasteiger partial charge in [0, 0.05) is 25.8 Å². The lowest BCUT2D eigenvalue weighted by Crippen LogP contribution is -2.33. The Bertz CT molecular complexity index is 1070. The summed E-state index contributed by atoms with van der Waals surface area (Å²) in [6.45, 7) is 13.2. The summed E-state index contributed by atoms with van der Waals surface area (Å²) in [6.07, 6.45) is 37.7. The number of hydrogen-bond donors (Lipinski definition) is 1. The normalized spacial score (nSPS) is 12.3. The molecular formula is C51H94N2O8. The summed E-state index contributed by atoms with van der Waals surface area (Å²) in [5.74, 6) is -0.344. The number of amides is 1. The van der Waals surface area contributed by atoms with E-state index < -0.39 is 5.60 Å². The predicted octanol–water partition coefficient (Wildman–Crippen LogP) is 13.3. The Hall–Kier alpha value is -2.88. The molecule has 0 spiro atoms. The van der Waals surface area contributed by atoms with Gasteiger partial charge in [-0.15, -0.1) is 0 Å². The molecule has 0 saturated heterocycles. The monoisotopic (exact) mass is 863 g/mol. The van der Waals surface area contributed by atoms with Crippen molar-refractivity contribution in [3.63, 3.8) is 0 Å². The highest BCUT2D eigenvalue weighted by Gasteiger charge is 2.16. The van der Waals surface area contributed by atoms with E-state index in [0.29, 0.717) is 39.0 Å². The van der Waals surface area contributed by atoms with Crippen LogP contribution in [-0.4, -0.2) is 80.5 Å². The molecule has 0 aromatic carbocycles. The Balaban J connectivity index is 4.44. The largest absolute Gasteiger partial charge is 0.462 e. The lowest BCUT2D eigenvalue weighted by Gasteiger charge is -2.20. The Morgan fingerprint density at radius 2 is 0.967 bits per heavy atom. The van der Waals surface area contributed by atoms with Crippen LogP contribution in [0.5, 0.6) is 0 Å². The quantitative estimate of drug-likeness (QED) is 0.0277. The molecule has 1 N–H and O–H groups in total. The van der Waals surface area contributed by atoms with Crippen LogP contribution in [0, 0.1) is 0 Å². The average Bonchev–Trinajstić information content (AvgIpc) is 3.20. The molecule has 0 aromatic heterocycles. The number of ether oxygens (including phenoxy) is 4. The second-order valence-electron chi connectivity index (χ2n) is 18.0. The van der Waals surface area contributed by atoms with Gasteiger partial charge in [0.25, 0.3) is 0 Å². The van der Waals surface area contributed by atoms with Gasteiger partial charge >= 0.3 is 24.0 Å². The van der Waals surface area contributed by atoms with E-state index in [-0.39, 0.29) is 30.1 Å². The van der Waals surface area contributed by atoms with Crippen LogP contribution >= 0.6 is 0 Å². The molecule has 1 amide bonds. The van der Waals surface area contributed by atoms with Crippen LogP contribution in [0.25, 0.3) is 0 Å². The van der Waals surface area contributed by atoms with E-state index in [2.05, 4.69) is 43.3 Å². The van der Waals surface area contributed by atoms with Gasteiger partial charge in [-0.25, -0.2) is 4.79 Å². The summed E-state index contributed by atoms with van der Waals surface area (Å²) in [4.78, 5) is 51.2. The SMILES string of the molecule is CCCCCCC=CCOC(=O)CCCCCCCC(CCCCCCCC(=O)OCC=CCCCCCC)OC(=O)CCCN(C)CCCCCCNC(=O)OC(C)(C)C. The number of hydrogen-bond acceptors (Lipinski definition) is 9. The van der Waals surface area contributed by atoms with Crippen LogP contribution < -0.4 is 5.32 Å². The van der Waals surface area contributed by atoms with Gasteiger partial charge in [0.2, 0.25) is 0 Å². The molecule has 0 fully saturated rings. The fourth-order valence-corrected chi connectivity index (χ4v) is 7.00. The molecule has 61 heavy (non-hydrogen) atoms. The van der Waals surface area contributed by atoms with Crippen LogP contribution in [0.2, 0.25) is 0 Å². The van der Waals surface area contributed by atoms with E-state index >= 15 is 0 Å². The van der Waals surface area contributed by atoms with Crippen molar-refractivity contribution in [2.75, 3.05) is 39.9 Å². The molecule has 10 nitrogen and oxygen atoms in total. The number of rotatable bonds is 42. The lowest BCUT2D eigenvalue weighted by atomic mass is 10.0. The first kappa shape index (κ1) is 58.1. The van der Waals surface area contributed by atoms with Gasteiger partial charge in [0.1, 0.15) is 24.9 Å². The number of carbonyl (C=O) groups excluding carboxylic acids is 4. The highest BCUT2D eigenvalue weighted by molar-refractivity contribution is 5.70. The smallest absolute Gasteiger partial charge is 0.407 e. The predicted molar refractivity (Wildman–Crippen MR) is 252 cm³/mol. The third-order valence-corrected chi connectivity index (χ3v) is 10.6. The zero-order valence-electron chi connectivity index (χ0n) is 40.3. The van der Waals surface area contributed by atoms with Gasteiger partial charge in [-0.1, -0.05) is 128 Å². The minimum Gasteiger partial charge on any atom is -0.462 e. The maximum atomic E-state index is 13.0. The van der Waals surface area contributed by atoms with Crippen molar-refractivity contribution in [1.82, 2.24) is 10.2 Å². The third kappa shape index (κ3) is 45.0. The number of alkyl carbamates (subject to hydrolysis) is 1.